The van der Waals surface area contributed by atoms with Crippen LogP contribution in [0, 0.1) is 20.8 Å². The molecule has 0 unspecified atom stereocenters. The summed E-state index contributed by atoms with van der Waals surface area (Å²) in [7, 11) is 0. The van der Waals surface area contributed by atoms with Gasteiger partial charge in [0.1, 0.15) is 5.69 Å². The van der Waals surface area contributed by atoms with Crippen LogP contribution in [-0.2, 0) is 0 Å². The summed E-state index contributed by atoms with van der Waals surface area (Å²) in [4.78, 5) is 0. The standard InChI is InChI=1S/C12H13BrN2O/c1-7-6-10(13)4-5-11(7)15-9(3)12(16)8(2)14-15/h4-6,16H,1-3H3. The summed E-state index contributed by atoms with van der Waals surface area (Å²) in [6, 6.07) is 5.98. The second-order valence-corrected chi connectivity index (χ2v) is 4.78. The van der Waals surface area contributed by atoms with Gasteiger partial charge in [0.25, 0.3) is 0 Å². The number of aryl methyl sites for hydroxylation is 2. The molecule has 0 saturated heterocycles. The molecule has 0 atom stereocenters. The van der Waals surface area contributed by atoms with Gasteiger partial charge in [-0.1, -0.05) is 15.9 Å². The third kappa shape index (κ3) is 1.73. The molecule has 0 fully saturated rings. The Morgan fingerprint density at radius 1 is 1.25 bits per heavy atom. The number of aromatic nitrogens is 2. The summed E-state index contributed by atoms with van der Waals surface area (Å²) >= 11 is 3.43. The first kappa shape index (κ1) is 11.2. The van der Waals surface area contributed by atoms with Crippen LogP contribution < -0.4 is 0 Å². The average molecular weight is 281 g/mol. The van der Waals surface area contributed by atoms with Crippen LogP contribution in [0.25, 0.3) is 5.69 Å². The molecule has 2 rings (SSSR count). The van der Waals surface area contributed by atoms with E-state index in [0.29, 0.717) is 5.69 Å². The number of hydrogen-bond donors (Lipinski definition) is 1. The largest absolute Gasteiger partial charge is 0.504 e. The fourth-order valence-corrected chi connectivity index (χ4v) is 2.20. The molecule has 0 aliphatic rings. The van der Waals surface area contributed by atoms with E-state index < -0.39 is 0 Å². The zero-order valence-corrected chi connectivity index (χ0v) is 11.0. The maximum absolute atomic E-state index is 9.74. The molecule has 2 aromatic rings. The minimum Gasteiger partial charge on any atom is -0.504 e. The lowest BCUT2D eigenvalue weighted by atomic mass is 10.2. The van der Waals surface area contributed by atoms with E-state index in [-0.39, 0.29) is 5.75 Å². The van der Waals surface area contributed by atoms with Crippen molar-refractivity contribution in [3.63, 3.8) is 0 Å². The van der Waals surface area contributed by atoms with Gasteiger partial charge in [-0.15, -0.1) is 0 Å². The van der Waals surface area contributed by atoms with E-state index in [1.165, 1.54) is 0 Å². The Morgan fingerprint density at radius 3 is 2.44 bits per heavy atom. The Labute approximate surface area is 103 Å². The molecular formula is C12H13BrN2O. The fourth-order valence-electron chi connectivity index (χ4n) is 1.73. The molecule has 0 radical (unpaired) electrons. The maximum atomic E-state index is 9.74. The highest BCUT2D eigenvalue weighted by Gasteiger charge is 2.12. The van der Waals surface area contributed by atoms with Gasteiger partial charge in [-0.2, -0.15) is 5.10 Å². The molecule has 0 saturated carbocycles. The number of benzene rings is 1. The van der Waals surface area contributed by atoms with Crippen LogP contribution in [0.15, 0.2) is 22.7 Å². The van der Waals surface area contributed by atoms with Gasteiger partial charge >= 0.3 is 0 Å². The van der Waals surface area contributed by atoms with Gasteiger partial charge in [0, 0.05) is 4.47 Å². The first-order valence-corrected chi connectivity index (χ1v) is 5.81. The van der Waals surface area contributed by atoms with Crippen LogP contribution >= 0.6 is 15.9 Å². The second-order valence-electron chi connectivity index (χ2n) is 3.86. The van der Waals surface area contributed by atoms with Crippen molar-refractivity contribution in [2.24, 2.45) is 0 Å². The predicted molar refractivity (Wildman–Crippen MR) is 67.1 cm³/mol. The molecule has 1 aromatic carbocycles. The molecule has 0 aliphatic heterocycles. The second kappa shape index (κ2) is 3.94. The third-order valence-electron chi connectivity index (χ3n) is 2.64. The van der Waals surface area contributed by atoms with Gasteiger partial charge < -0.3 is 5.11 Å². The summed E-state index contributed by atoms with van der Waals surface area (Å²) in [6.07, 6.45) is 0. The highest BCUT2D eigenvalue weighted by Crippen LogP contribution is 2.26. The van der Waals surface area contributed by atoms with Gasteiger partial charge in [0.15, 0.2) is 5.75 Å². The fraction of sp³-hybridized carbons (Fsp3) is 0.250. The first-order valence-electron chi connectivity index (χ1n) is 5.02. The van der Waals surface area contributed by atoms with Gasteiger partial charge in [0.2, 0.25) is 0 Å². The van der Waals surface area contributed by atoms with E-state index in [0.717, 1.165) is 21.4 Å². The van der Waals surface area contributed by atoms with E-state index >= 15 is 0 Å². The van der Waals surface area contributed by atoms with Crippen molar-refractivity contribution < 1.29 is 5.11 Å². The predicted octanol–water partition coefficient (Wildman–Crippen LogP) is 3.27. The van der Waals surface area contributed by atoms with Crippen molar-refractivity contribution in [3.05, 3.63) is 39.6 Å². The quantitative estimate of drug-likeness (QED) is 0.871. The average Bonchev–Trinajstić information content (AvgIpc) is 2.46. The first-order chi connectivity index (χ1) is 7.50. The summed E-state index contributed by atoms with van der Waals surface area (Å²) in [5, 5.41) is 14.1. The summed E-state index contributed by atoms with van der Waals surface area (Å²) in [5.41, 5.74) is 3.52. The van der Waals surface area contributed by atoms with Crippen LogP contribution in [0.3, 0.4) is 0 Å². The molecule has 1 N–H and O–H groups in total. The molecule has 4 heteroatoms. The van der Waals surface area contributed by atoms with Crippen LogP contribution in [0.5, 0.6) is 5.75 Å². The monoisotopic (exact) mass is 280 g/mol. The van der Waals surface area contributed by atoms with E-state index in [1.54, 1.807) is 11.6 Å². The zero-order valence-electron chi connectivity index (χ0n) is 9.45. The van der Waals surface area contributed by atoms with Gasteiger partial charge in [-0.05, 0) is 44.5 Å². The van der Waals surface area contributed by atoms with Crippen molar-refractivity contribution >= 4 is 15.9 Å². The molecule has 1 heterocycles. The lowest BCUT2D eigenvalue weighted by Gasteiger charge is -2.08. The number of rotatable bonds is 1. The van der Waals surface area contributed by atoms with Gasteiger partial charge in [0.05, 0.1) is 11.4 Å². The van der Waals surface area contributed by atoms with Gasteiger partial charge in [-0.25, -0.2) is 4.68 Å². The SMILES string of the molecule is Cc1cc(Br)ccc1-n1nc(C)c(O)c1C. The topological polar surface area (TPSA) is 38.0 Å². The molecule has 0 aliphatic carbocycles. The van der Waals surface area contributed by atoms with Gasteiger partial charge in [-0.3, -0.25) is 0 Å². The van der Waals surface area contributed by atoms with Crippen molar-refractivity contribution in [2.75, 3.05) is 0 Å². The number of halogens is 1. The number of nitrogens with zero attached hydrogens (tertiary/aromatic N) is 2. The van der Waals surface area contributed by atoms with Crippen LogP contribution in [-0.4, -0.2) is 14.9 Å². The molecule has 16 heavy (non-hydrogen) atoms. The van der Waals surface area contributed by atoms with E-state index in [1.807, 2.05) is 32.0 Å². The van der Waals surface area contributed by atoms with Crippen molar-refractivity contribution in [2.45, 2.75) is 20.8 Å². The maximum Gasteiger partial charge on any atom is 0.159 e. The molecule has 3 nitrogen and oxygen atoms in total. The van der Waals surface area contributed by atoms with Crippen LogP contribution in [0.2, 0.25) is 0 Å². The molecule has 84 valence electrons. The smallest absolute Gasteiger partial charge is 0.159 e. The lowest BCUT2D eigenvalue weighted by molar-refractivity contribution is 0.466. The Hall–Kier alpha value is -1.29. The Morgan fingerprint density at radius 2 is 1.94 bits per heavy atom. The highest BCUT2D eigenvalue weighted by molar-refractivity contribution is 9.10. The summed E-state index contributed by atoms with van der Waals surface area (Å²) in [5.74, 6) is 0.266. The molecule has 1 aromatic heterocycles. The van der Waals surface area contributed by atoms with Crippen molar-refractivity contribution in [3.8, 4) is 11.4 Å². The van der Waals surface area contributed by atoms with Crippen molar-refractivity contribution in [1.29, 1.82) is 0 Å². The van der Waals surface area contributed by atoms with Crippen LogP contribution in [0.4, 0.5) is 0 Å². The Balaban J connectivity index is 2.63. The molecule has 0 amide bonds. The lowest BCUT2D eigenvalue weighted by Crippen LogP contribution is -2.01. The van der Waals surface area contributed by atoms with Crippen LogP contribution in [0.1, 0.15) is 17.0 Å². The third-order valence-corrected chi connectivity index (χ3v) is 3.13. The van der Waals surface area contributed by atoms with Crippen molar-refractivity contribution in [1.82, 2.24) is 9.78 Å². The normalized spacial score (nSPS) is 10.8. The molecule has 0 spiro atoms. The Bertz CT molecular complexity index is 546. The minimum absolute atomic E-state index is 0.266. The number of aromatic hydroxyl groups is 1. The molecule has 0 bridgehead atoms. The molecular weight excluding hydrogens is 268 g/mol. The van der Waals surface area contributed by atoms with E-state index in [2.05, 4.69) is 21.0 Å². The van der Waals surface area contributed by atoms with E-state index in [4.69, 9.17) is 0 Å². The minimum atomic E-state index is 0.266. The number of hydrogen-bond acceptors (Lipinski definition) is 2. The highest BCUT2D eigenvalue weighted by atomic mass is 79.9. The van der Waals surface area contributed by atoms with E-state index in [9.17, 15) is 5.11 Å². The summed E-state index contributed by atoms with van der Waals surface area (Å²) in [6.45, 7) is 5.68. The summed E-state index contributed by atoms with van der Waals surface area (Å²) < 4.78 is 2.81. The Kier molecular flexibility index (Phi) is 2.76. The zero-order chi connectivity index (χ0) is 11.9.